The third kappa shape index (κ3) is 34.5. The van der Waals surface area contributed by atoms with Crippen molar-refractivity contribution in [2.45, 2.75) is 219 Å². The van der Waals surface area contributed by atoms with Gasteiger partial charge in [-0.05, 0) is 116 Å². The Hall–Kier alpha value is -1.12. The maximum atomic E-state index is 11.7. The van der Waals surface area contributed by atoms with E-state index in [2.05, 4.69) is 81.2 Å². The maximum Gasteiger partial charge on any atom is 0.0647 e. The van der Waals surface area contributed by atoms with E-state index in [9.17, 15) is 5.11 Å². The van der Waals surface area contributed by atoms with Gasteiger partial charge < -0.3 is 10.0 Å². The van der Waals surface area contributed by atoms with Gasteiger partial charge in [-0.3, -0.25) is 0 Å². The molecule has 2 heteroatoms. The van der Waals surface area contributed by atoms with E-state index in [4.69, 9.17) is 0 Å². The molecule has 0 aliphatic carbocycles. The van der Waals surface area contributed by atoms with Gasteiger partial charge in [0.2, 0.25) is 0 Å². The van der Waals surface area contributed by atoms with E-state index in [1.54, 1.807) is 0 Å². The summed E-state index contributed by atoms with van der Waals surface area (Å²) in [4.78, 5) is 2.52. The predicted molar refractivity (Wildman–Crippen MR) is 215 cm³/mol. The quantitative estimate of drug-likeness (QED) is 0.0532. The summed E-state index contributed by atoms with van der Waals surface area (Å²) in [6, 6.07) is 0. The lowest BCUT2D eigenvalue weighted by Crippen LogP contribution is -2.29. The van der Waals surface area contributed by atoms with Gasteiger partial charge in [0.15, 0.2) is 0 Å². The van der Waals surface area contributed by atoms with Crippen LogP contribution < -0.4 is 0 Å². The predicted octanol–water partition coefficient (Wildman–Crippen LogP) is 14.6. The summed E-state index contributed by atoms with van der Waals surface area (Å²) >= 11 is 0. The monoisotopic (exact) mass is 656 g/mol. The van der Waals surface area contributed by atoms with Crippen LogP contribution in [0.1, 0.15) is 214 Å². The molecular formula is C45H85NO. The third-order valence-corrected chi connectivity index (χ3v) is 9.95. The van der Waals surface area contributed by atoms with Gasteiger partial charge in [0.05, 0.1) is 5.60 Å². The van der Waals surface area contributed by atoms with E-state index in [1.807, 2.05) is 0 Å². The molecule has 0 heterocycles. The topological polar surface area (TPSA) is 23.5 Å². The second-order valence-corrected chi connectivity index (χ2v) is 14.4. The van der Waals surface area contributed by atoms with Crippen molar-refractivity contribution in [1.29, 1.82) is 0 Å². The summed E-state index contributed by atoms with van der Waals surface area (Å²) in [5.41, 5.74) is -0.437. The van der Waals surface area contributed by atoms with E-state index in [-0.39, 0.29) is 0 Å². The molecule has 0 saturated carbocycles. The largest absolute Gasteiger partial charge is 0.390 e. The zero-order valence-corrected chi connectivity index (χ0v) is 32.6. The lowest BCUT2D eigenvalue weighted by Gasteiger charge is -2.29. The first-order valence-electron chi connectivity index (χ1n) is 21.2. The van der Waals surface area contributed by atoms with Crippen LogP contribution in [0.25, 0.3) is 0 Å². The van der Waals surface area contributed by atoms with Crippen LogP contribution in [-0.2, 0) is 0 Å². The van der Waals surface area contributed by atoms with Crippen molar-refractivity contribution in [3.05, 3.63) is 48.6 Å². The Labute approximate surface area is 297 Å². The molecule has 0 aromatic heterocycles. The Morgan fingerprint density at radius 3 is 1.06 bits per heavy atom. The summed E-state index contributed by atoms with van der Waals surface area (Å²) in [5.74, 6) is 0. The van der Waals surface area contributed by atoms with Gasteiger partial charge in [-0.1, -0.05) is 166 Å². The molecule has 1 N–H and O–H groups in total. The fourth-order valence-corrected chi connectivity index (χ4v) is 6.59. The zero-order chi connectivity index (χ0) is 34.4. The highest BCUT2D eigenvalue weighted by molar-refractivity contribution is 4.93. The van der Waals surface area contributed by atoms with E-state index < -0.39 is 5.60 Å². The molecule has 47 heavy (non-hydrogen) atoms. The fourth-order valence-electron chi connectivity index (χ4n) is 6.59. The molecule has 0 rings (SSSR count). The van der Waals surface area contributed by atoms with Crippen molar-refractivity contribution >= 4 is 0 Å². The van der Waals surface area contributed by atoms with Gasteiger partial charge in [-0.25, -0.2) is 0 Å². The van der Waals surface area contributed by atoms with Crippen molar-refractivity contribution < 1.29 is 5.11 Å². The molecule has 0 aromatic rings. The molecule has 0 aliphatic rings. The minimum absolute atomic E-state index is 0.437. The molecule has 0 amide bonds. The molecule has 0 radical (unpaired) electrons. The van der Waals surface area contributed by atoms with Crippen molar-refractivity contribution in [2.24, 2.45) is 0 Å². The molecule has 0 aromatic carbocycles. The third-order valence-electron chi connectivity index (χ3n) is 9.95. The number of aliphatic hydroxyl groups is 1. The molecule has 276 valence electrons. The maximum absolute atomic E-state index is 11.7. The van der Waals surface area contributed by atoms with Crippen molar-refractivity contribution in [3.8, 4) is 0 Å². The van der Waals surface area contributed by atoms with Gasteiger partial charge in [-0.15, -0.1) is 0 Å². The minimum atomic E-state index is -0.437. The summed E-state index contributed by atoms with van der Waals surface area (Å²) in [6.07, 6.45) is 55.0. The van der Waals surface area contributed by atoms with Crippen LogP contribution in [0.5, 0.6) is 0 Å². The molecule has 0 aliphatic heterocycles. The van der Waals surface area contributed by atoms with Gasteiger partial charge in [-0.2, -0.15) is 0 Å². The van der Waals surface area contributed by atoms with E-state index in [1.165, 1.54) is 154 Å². The standard InChI is InChI=1S/C45H85NO/c1-5-9-11-13-15-17-19-21-23-25-27-29-31-33-35-37-41-45(47,43-39-40-44-46(7-3)8-4)42-38-36-34-32-30-28-26-24-22-20-18-16-14-12-10-6-2/h15-18,21-24,47H,5-14,19-20,25-44H2,1-4H3/b17-15-,18-16-,23-21-,24-22-. The average molecular weight is 656 g/mol. The lowest BCUT2D eigenvalue weighted by molar-refractivity contribution is 0.00668. The highest BCUT2D eigenvalue weighted by atomic mass is 16.3. The molecule has 0 fully saturated rings. The average Bonchev–Trinajstić information content (AvgIpc) is 3.08. The van der Waals surface area contributed by atoms with Gasteiger partial charge in [0, 0.05) is 0 Å². The summed E-state index contributed by atoms with van der Waals surface area (Å²) in [7, 11) is 0. The number of allylic oxidation sites excluding steroid dienone is 8. The van der Waals surface area contributed by atoms with Gasteiger partial charge in [0.1, 0.15) is 0 Å². The minimum Gasteiger partial charge on any atom is -0.390 e. The van der Waals surface area contributed by atoms with Gasteiger partial charge >= 0.3 is 0 Å². The molecule has 0 unspecified atom stereocenters. The van der Waals surface area contributed by atoms with Crippen LogP contribution in [0.3, 0.4) is 0 Å². The van der Waals surface area contributed by atoms with Crippen molar-refractivity contribution in [3.63, 3.8) is 0 Å². The highest BCUT2D eigenvalue weighted by Crippen LogP contribution is 2.29. The first kappa shape index (κ1) is 45.9. The smallest absolute Gasteiger partial charge is 0.0647 e. The number of hydrogen-bond donors (Lipinski definition) is 1. The normalized spacial score (nSPS) is 12.8. The van der Waals surface area contributed by atoms with Crippen LogP contribution in [0.4, 0.5) is 0 Å². The Morgan fingerprint density at radius 2 is 0.702 bits per heavy atom. The van der Waals surface area contributed by atoms with Crippen LogP contribution >= 0.6 is 0 Å². The number of hydrogen-bond acceptors (Lipinski definition) is 2. The number of rotatable bonds is 37. The summed E-state index contributed by atoms with van der Waals surface area (Å²) < 4.78 is 0. The number of unbranched alkanes of at least 4 members (excludes halogenated alkanes) is 19. The van der Waals surface area contributed by atoms with E-state index in [0.717, 1.165) is 51.6 Å². The Morgan fingerprint density at radius 1 is 0.383 bits per heavy atom. The Balaban J connectivity index is 4.12. The van der Waals surface area contributed by atoms with E-state index >= 15 is 0 Å². The lowest BCUT2D eigenvalue weighted by atomic mass is 9.85. The molecule has 0 saturated heterocycles. The zero-order valence-electron chi connectivity index (χ0n) is 32.6. The highest BCUT2D eigenvalue weighted by Gasteiger charge is 2.25. The molecule has 0 bridgehead atoms. The van der Waals surface area contributed by atoms with Crippen LogP contribution in [0.15, 0.2) is 48.6 Å². The SMILES string of the molecule is CCCCC/C=C\C/C=C\CCCCCCCCC(O)(CCCCCCCC/C=C\C/C=C\CCCCC)CCCCN(CC)CC. The van der Waals surface area contributed by atoms with E-state index in [0.29, 0.717) is 0 Å². The second-order valence-electron chi connectivity index (χ2n) is 14.4. The Kier molecular flexibility index (Phi) is 36.8. The second kappa shape index (κ2) is 37.7. The van der Waals surface area contributed by atoms with Crippen LogP contribution in [0, 0.1) is 0 Å². The van der Waals surface area contributed by atoms with Crippen molar-refractivity contribution in [1.82, 2.24) is 4.90 Å². The molecular weight excluding hydrogens is 571 g/mol. The van der Waals surface area contributed by atoms with Crippen LogP contribution in [-0.4, -0.2) is 35.2 Å². The van der Waals surface area contributed by atoms with Crippen molar-refractivity contribution in [2.75, 3.05) is 19.6 Å². The number of nitrogens with zero attached hydrogens (tertiary/aromatic N) is 1. The first-order chi connectivity index (χ1) is 23.1. The molecule has 2 nitrogen and oxygen atoms in total. The van der Waals surface area contributed by atoms with Crippen LogP contribution in [0.2, 0.25) is 0 Å². The Bertz CT molecular complexity index is 667. The first-order valence-corrected chi connectivity index (χ1v) is 21.2. The fraction of sp³-hybridized carbons (Fsp3) is 0.822. The van der Waals surface area contributed by atoms with Gasteiger partial charge in [0.25, 0.3) is 0 Å². The summed E-state index contributed by atoms with van der Waals surface area (Å²) in [5, 5.41) is 11.7. The summed E-state index contributed by atoms with van der Waals surface area (Å²) in [6.45, 7) is 12.5. The molecule has 0 spiro atoms. The molecule has 0 atom stereocenters.